The van der Waals surface area contributed by atoms with E-state index in [2.05, 4.69) is 20.3 Å². The van der Waals surface area contributed by atoms with Crippen LogP contribution in [0.4, 0.5) is 32.0 Å². The van der Waals surface area contributed by atoms with E-state index in [9.17, 15) is 31.5 Å². The van der Waals surface area contributed by atoms with E-state index < -0.39 is 58.3 Å². The Morgan fingerprint density at radius 3 is 2.36 bits per heavy atom. The first-order valence-electron chi connectivity index (χ1n) is 12.5. The number of anilines is 1. The van der Waals surface area contributed by atoms with Crippen LogP contribution in [0.5, 0.6) is 5.75 Å². The SMILES string of the molecule is COc1ccc([C@H](C)NC(=O)c2cn(C3(C(F)F)CC3)c(=O)cc2NC2CCN(C)CC2)c(F)c1C(F)(F)F. The van der Waals surface area contributed by atoms with E-state index in [4.69, 9.17) is 0 Å². The van der Waals surface area contributed by atoms with E-state index in [0.29, 0.717) is 12.8 Å². The standard InChI is InChI=1S/C26H30F6N4O3/c1-14(16-4-5-19(39-3)21(22(16)27)26(30,31)32)33-23(38)17-13-36(25(8-9-25)24(28)29)20(37)12-18(17)34-15-6-10-35(2)11-7-15/h4-5,12-15,24,34H,6-11H2,1-3H3,(H,33,38)/t14-/m0/s1. The molecule has 1 aliphatic carbocycles. The predicted octanol–water partition coefficient (Wildman–Crippen LogP) is 4.77. The summed E-state index contributed by atoms with van der Waals surface area (Å²) in [5, 5.41) is 5.62. The topological polar surface area (TPSA) is 75.6 Å². The van der Waals surface area contributed by atoms with Crippen molar-refractivity contribution in [3.63, 3.8) is 0 Å². The van der Waals surface area contributed by atoms with E-state index >= 15 is 4.39 Å². The van der Waals surface area contributed by atoms with Crippen LogP contribution in [0.2, 0.25) is 0 Å². The number of hydrogen-bond donors (Lipinski definition) is 2. The van der Waals surface area contributed by atoms with Gasteiger partial charge in [-0.25, -0.2) is 13.2 Å². The lowest BCUT2D eigenvalue weighted by Crippen LogP contribution is -2.40. The first kappa shape index (κ1) is 28.8. The average Bonchev–Trinajstić information content (AvgIpc) is 3.66. The number of hydrogen-bond acceptors (Lipinski definition) is 5. The number of nitrogens with zero attached hydrogens (tertiary/aromatic N) is 2. The fourth-order valence-corrected chi connectivity index (χ4v) is 4.94. The Bertz CT molecular complexity index is 1280. The number of piperidine rings is 1. The van der Waals surface area contributed by atoms with Crippen molar-refractivity contribution in [1.82, 2.24) is 14.8 Å². The molecule has 214 valence electrons. The number of aromatic nitrogens is 1. The lowest BCUT2D eigenvalue weighted by molar-refractivity contribution is -0.141. The number of methoxy groups -OCH3 is 1. The van der Waals surface area contributed by atoms with Crippen molar-refractivity contribution in [2.24, 2.45) is 0 Å². The second-order valence-corrected chi connectivity index (χ2v) is 10.2. The third kappa shape index (κ3) is 5.73. The number of amides is 1. The van der Waals surface area contributed by atoms with Crippen LogP contribution in [-0.2, 0) is 11.7 Å². The summed E-state index contributed by atoms with van der Waals surface area (Å²) in [6.45, 7) is 2.82. The van der Waals surface area contributed by atoms with E-state index in [0.717, 1.165) is 49.2 Å². The smallest absolute Gasteiger partial charge is 0.422 e. The zero-order valence-electron chi connectivity index (χ0n) is 21.7. The van der Waals surface area contributed by atoms with Gasteiger partial charge in [0.1, 0.15) is 22.7 Å². The number of nitrogens with one attached hydrogen (secondary N) is 2. The van der Waals surface area contributed by atoms with Gasteiger partial charge < -0.3 is 24.8 Å². The summed E-state index contributed by atoms with van der Waals surface area (Å²) in [6, 6.07) is 1.78. The number of halogens is 6. The van der Waals surface area contributed by atoms with Crippen LogP contribution in [0.1, 0.15) is 60.1 Å². The minimum Gasteiger partial charge on any atom is -0.496 e. The Labute approximate surface area is 221 Å². The average molecular weight is 561 g/mol. The molecule has 1 amide bonds. The molecule has 4 rings (SSSR count). The molecule has 1 saturated carbocycles. The van der Waals surface area contributed by atoms with Gasteiger partial charge in [-0.2, -0.15) is 13.2 Å². The molecule has 7 nitrogen and oxygen atoms in total. The van der Waals surface area contributed by atoms with Crippen molar-refractivity contribution in [1.29, 1.82) is 0 Å². The van der Waals surface area contributed by atoms with Crippen LogP contribution in [0.3, 0.4) is 0 Å². The molecule has 0 radical (unpaired) electrons. The lowest BCUT2D eigenvalue weighted by Gasteiger charge is -2.31. The second kappa shape index (κ2) is 10.7. The van der Waals surface area contributed by atoms with E-state index in [1.165, 1.54) is 6.92 Å². The van der Waals surface area contributed by atoms with Gasteiger partial charge in [0.05, 0.1) is 24.4 Å². The summed E-state index contributed by atoms with van der Waals surface area (Å²) in [5.74, 6) is -3.17. The van der Waals surface area contributed by atoms with Crippen molar-refractivity contribution in [3.05, 3.63) is 57.3 Å². The fourth-order valence-electron chi connectivity index (χ4n) is 4.94. The molecule has 1 aromatic heterocycles. The highest BCUT2D eigenvalue weighted by Gasteiger charge is 2.53. The molecule has 2 N–H and O–H groups in total. The number of benzene rings is 1. The zero-order chi connectivity index (χ0) is 28.7. The van der Waals surface area contributed by atoms with E-state index in [1.807, 2.05) is 7.05 Å². The van der Waals surface area contributed by atoms with Crippen molar-refractivity contribution in [2.75, 3.05) is 32.6 Å². The highest BCUT2D eigenvalue weighted by atomic mass is 19.4. The summed E-state index contributed by atoms with van der Waals surface area (Å²) >= 11 is 0. The molecule has 1 aliphatic heterocycles. The molecule has 1 saturated heterocycles. The highest BCUT2D eigenvalue weighted by molar-refractivity contribution is 5.99. The van der Waals surface area contributed by atoms with Gasteiger partial charge in [-0.15, -0.1) is 0 Å². The van der Waals surface area contributed by atoms with Gasteiger partial charge in [-0.3, -0.25) is 9.59 Å². The molecule has 0 unspecified atom stereocenters. The molecule has 2 fully saturated rings. The normalized spacial score (nSPS) is 18.6. The Balaban J connectivity index is 1.69. The quantitative estimate of drug-likeness (QED) is 0.456. The monoisotopic (exact) mass is 560 g/mol. The summed E-state index contributed by atoms with van der Waals surface area (Å²) in [5.41, 5.74) is -4.49. The number of ether oxygens (including phenoxy) is 1. The zero-order valence-corrected chi connectivity index (χ0v) is 21.7. The molecular formula is C26H30F6N4O3. The van der Waals surface area contributed by atoms with Crippen LogP contribution in [0, 0.1) is 5.82 Å². The van der Waals surface area contributed by atoms with Crippen molar-refractivity contribution in [3.8, 4) is 5.75 Å². The van der Waals surface area contributed by atoms with Gasteiger partial charge in [-0.05, 0) is 58.8 Å². The Kier molecular flexibility index (Phi) is 7.93. The molecule has 1 atom stereocenters. The molecule has 0 bridgehead atoms. The Hall–Kier alpha value is -3.22. The van der Waals surface area contributed by atoms with Gasteiger partial charge >= 0.3 is 6.18 Å². The van der Waals surface area contributed by atoms with Gasteiger partial charge in [0, 0.05) is 23.9 Å². The lowest BCUT2D eigenvalue weighted by atomic mass is 10.0. The van der Waals surface area contributed by atoms with Gasteiger partial charge in [-0.1, -0.05) is 6.07 Å². The number of alkyl halides is 5. The summed E-state index contributed by atoms with van der Waals surface area (Å²) in [4.78, 5) is 28.4. The number of carbonyl (C=O) groups excluding carboxylic acids is 1. The molecule has 0 spiro atoms. The predicted molar refractivity (Wildman–Crippen MR) is 132 cm³/mol. The molecule has 13 heteroatoms. The van der Waals surface area contributed by atoms with Gasteiger partial charge in [0.15, 0.2) is 0 Å². The summed E-state index contributed by atoms with van der Waals surface area (Å²) in [6.07, 6.45) is -5.31. The molecule has 2 aliphatic rings. The van der Waals surface area contributed by atoms with Crippen LogP contribution in [0.15, 0.2) is 29.2 Å². The minimum absolute atomic E-state index is 0.0566. The molecule has 1 aromatic carbocycles. The molecular weight excluding hydrogens is 530 g/mol. The highest BCUT2D eigenvalue weighted by Crippen LogP contribution is 2.48. The van der Waals surface area contributed by atoms with Crippen LogP contribution >= 0.6 is 0 Å². The first-order valence-corrected chi connectivity index (χ1v) is 12.5. The number of rotatable bonds is 8. The van der Waals surface area contributed by atoms with Crippen LogP contribution < -0.4 is 20.9 Å². The third-order valence-electron chi connectivity index (χ3n) is 7.48. The largest absolute Gasteiger partial charge is 0.496 e. The van der Waals surface area contributed by atoms with Crippen molar-refractivity contribution >= 4 is 11.6 Å². The van der Waals surface area contributed by atoms with E-state index in [-0.39, 0.29) is 30.1 Å². The number of likely N-dealkylation sites (tertiary alicyclic amines) is 1. The maximum absolute atomic E-state index is 15.0. The summed E-state index contributed by atoms with van der Waals surface area (Å²) < 4.78 is 88.7. The molecule has 2 aromatic rings. The van der Waals surface area contributed by atoms with E-state index in [1.54, 1.807) is 0 Å². The Morgan fingerprint density at radius 1 is 1.18 bits per heavy atom. The third-order valence-corrected chi connectivity index (χ3v) is 7.48. The molecule has 39 heavy (non-hydrogen) atoms. The minimum atomic E-state index is -5.05. The van der Waals surface area contributed by atoms with Gasteiger partial charge in [0.25, 0.3) is 17.9 Å². The summed E-state index contributed by atoms with van der Waals surface area (Å²) in [7, 11) is 2.94. The maximum atomic E-state index is 15.0. The molecule has 2 heterocycles. The van der Waals surface area contributed by atoms with Crippen molar-refractivity contribution in [2.45, 2.75) is 62.8 Å². The maximum Gasteiger partial charge on any atom is 0.422 e. The number of carbonyl (C=O) groups is 1. The Morgan fingerprint density at radius 2 is 1.82 bits per heavy atom. The van der Waals surface area contributed by atoms with Crippen LogP contribution in [0.25, 0.3) is 0 Å². The van der Waals surface area contributed by atoms with Gasteiger partial charge in [0.2, 0.25) is 0 Å². The number of pyridine rings is 1. The fraction of sp³-hybridized carbons (Fsp3) is 0.538. The van der Waals surface area contributed by atoms with Crippen LogP contribution in [-0.4, -0.2) is 55.1 Å². The first-order chi connectivity index (χ1) is 18.3. The van der Waals surface area contributed by atoms with Crippen molar-refractivity contribution < 1.29 is 35.9 Å². The second-order valence-electron chi connectivity index (χ2n) is 10.2.